The Morgan fingerprint density at radius 2 is 1.44 bits per heavy atom. The molecule has 50 heavy (non-hydrogen) atoms. The van der Waals surface area contributed by atoms with E-state index >= 15 is 0 Å². The molecule has 0 unspecified atom stereocenters. The number of H-pyrrole nitrogens is 1. The molecule has 4 heterocycles. The van der Waals surface area contributed by atoms with Gasteiger partial charge < -0.3 is 24.9 Å². The number of ether oxygens (including phenoxy) is 2. The number of carbonyl (C=O) groups excluding carboxylic acids is 3. The number of nitrogens with one attached hydrogen (secondary N) is 2. The van der Waals surface area contributed by atoms with Crippen LogP contribution in [0.4, 0.5) is 20.2 Å². The molecular formula is C36H43N7O7. The first-order valence-electron chi connectivity index (χ1n) is 16.8. The predicted molar refractivity (Wildman–Crippen MR) is 186 cm³/mol. The summed E-state index contributed by atoms with van der Waals surface area (Å²) in [6, 6.07) is 12.0. The Balaban J connectivity index is 1.19. The third-order valence-corrected chi connectivity index (χ3v) is 8.61. The molecule has 14 nitrogen and oxygen atoms in total. The Labute approximate surface area is 289 Å². The Morgan fingerprint density at radius 3 is 2.10 bits per heavy atom. The number of imidazole rings is 1. The van der Waals surface area contributed by atoms with Gasteiger partial charge in [0.2, 0.25) is 5.91 Å². The van der Waals surface area contributed by atoms with E-state index in [-0.39, 0.29) is 18.0 Å². The van der Waals surface area contributed by atoms with Crippen LogP contribution < -0.4 is 5.32 Å². The SMILES string of the molecule is CC(C)(C)OC(=O)N1CCC[C@H]1C(=O)Nc1nn(C(=O)O)c2cc(-c3ccc(-c4cnc([C@@H]5CCCN5C(=O)OC(C)(C)C)[nH]4)cc3)ccc12. The molecule has 264 valence electrons. The highest BCUT2D eigenvalue weighted by Gasteiger charge is 2.38. The van der Waals surface area contributed by atoms with Crippen LogP contribution >= 0.6 is 0 Å². The molecule has 0 aliphatic carbocycles. The van der Waals surface area contributed by atoms with Crippen molar-refractivity contribution in [2.45, 2.75) is 90.5 Å². The Hall–Kier alpha value is -5.40. The molecule has 2 aliphatic rings. The number of aromatic amines is 1. The predicted octanol–water partition coefficient (Wildman–Crippen LogP) is 7.03. The standard InChI is InChI=1S/C36H43N7O7/c1-35(2,3)49-33(47)41-17-7-9-26(41)30-37-20-25(38-30)22-13-11-21(12-14-22)23-15-16-24-28(19-23)43(32(45)46)40-29(24)39-31(44)27-10-8-18-42(27)34(48)50-36(4,5)6/h11-16,19-20,26-27H,7-10,17-18H2,1-6H3,(H,37,38)(H,45,46)(H,39,40,44)/t26-,27-/m0/s1. The van der Waals surface area contributed by atoms with Crippen molar-refractivity contribution in [1.82, 2.24) is 29.5 Å². The van der Waals surface area contributed by atoms with Crippen LogP contribution in [0.2, 0.25) is 0 Å². The summed E-state index contributed by atoms with van der Waals surface area (Å²) < 4.78 is 11.9. The van der Waals surface area contributed by atoms with Crippen LogP contribution in [0.25, 0.3) is 33.3 Å². The van der Waals surface area contributed by atoms with E-state index in [2.05, 4.69) is 20.4 Å². The van der Waals surface area contributed by atoms with Crippen molar-refractivity contribution in [2.75, 3.05) is 18.4 Å². The van der Waals surface area contributed by atoms with Crippen LogP contribution in [0.15, 0.2) is 48.7 Å². The lowest BCUT2D eigenvalue weighted by Crippen LogP contribution is -2.45. The molecule has 2 atom stereocenters. The lowest BCUT2D eigenvalue weighted by Gasteiger charge is -2.27. The molecule has 4 aromatic rings. The van der Waals surface area contributed by atoms with E-state index in [4.69, 9.17) is 9.47 Å². The number of rotatable bonds is 5. The first-order valence-corrected chi connectivity index (χ1v) is 16.8. The van der Waals surface area contributed by atoms with Crippen LogP contribution in [-0.2, 0) is 14.3 Å². The van der Waals surface area contributed by atoms with Crippen molar-refractivity contribution in [3.05, 3.63) is 54.5 Å². The highest BCUT2D eigenvalue weighted by Crippen LogP contribution is 2.34. The van der Waals surface area contributed by atoms with Crippen molar-refractivity contribution < 1.29 is 33.8 Å². The maximum atomic E-state index is 13.3. The van der Waals surface area contributed by atoms with E-state index in [0.29, 0.717) is 42.7 Å². The van der Waals surface area contributed by atoms with Gasteiger partial charge >= 0.3 is 18.3 Å². The van der Waals surface area contributed by atoms with Gasteiger partial charge in [-0.05, 0) is 96.0 Å². The second-order valence-corrected chi connectivity index (χ2v) is 14.7. The number of fused-ring (bicyclic) bond motifs is 1. The van der Waals surface area contributed by atoms with E-state index < -0.39 is 35.3 Å². The topological polar surface area (TPSA) is 172 Å². The molecule has 2 aromatic carbocycles. The fourth-order valence-corrected chi connectivity index (χ4v) is 6.40. The second-order valence-electron chi connectivity index (χ2n) is 14.7. The minimum Gasteiger partial charge on any atom is -0.463 e. The first kappa shape index (κ1) is 34.5. The van der Waals surface area contributed by atoms with Crippen LogP contribution in [0.5, 0.6) is 0 Å². The fraction of sp³-hybridized carbons (Fsp3) is 0.444. The summed E-state index contributed by atoms with van der Waals surface area (Å²) in [4.78, 5) is 62.2. The molecule has 2 fully saturated rings. The maximum Gasteiger partial charge on any atom is 0.432 e. The van der Waals surface area contributed by atoms with Crippen LogP contribution in [0, 0.1) is 0 Å². The molecule has 0 bridgehead atoms. The quantitative estimate of drug-likeness (QED) is 0.199. The van der Waals surface area contributed by atoms with Gasteiger partial charge in [0.15, 0.2) is 5.82 Å². The molecular weight excluding hydrogens is 642 g/mol. The number of benzene rings is 2. The number of carbonyl (C=O) groups is 4. The number of anilines is 1. The number of carboxylic acid groups (broad SMARTS) is 1. The van der Waals surface area contributed by atoms with Crippen molar-refractivity contribution in [3.63, 3.8) is 0 Å². The summed E-state index contributed by atoms with van der Waals surface area (Å²) in [5.74, 6) is 0.332. The van der Waals surface area contributed by atoms with E-state index in [1.807, 2.05) is 51.1 Å². The maximum absolute atomic E-state index is 13.3. The Bertz CT molecular complexity index is 1930. The van der Waals surface area contributed by atoms with Crippen molar-refractivity contribution in [3.8, 4) is 22.4 Å². The average Bonchev–Trinajstić information content (AvgIpc) is 3.84. The molecule has 6 rings (SSSR count). The minimum atomic E-state index is -1.30. The van der Waals surface area contributed by atoms with Gasteiger partial charge in [0, 0.05) is 18.5 Å². The van der Waals surface area contributed by atoms with Gasteiger partial charge in [-0.25, -0.2) is 19.4 Å². The molecule has 3 amide bonds. The van der Waals surface area contributed by atoms with Crippen molar-refractivity contribution in [2.24, 2.45) is 0 Å². The Morgan fingerprint density at radius 1 is 0.840 bits per heavy atom. The molecule has 2 saturated heterocycles. The minimum absolute atomic E-state index is 0.0906. The first-order chi connectivity index (χ1) is 23.6. The van der Waals surface area contributed by atoms with Gasteiger partial charge in [-0.1, -0.05) is 30.3 Å². The largest absolute Gasteiger partial charge is 0.463 e. The normalized spacial score (nSPS) is 18.0. The van der Waals surface area contributed by atoms with E-state index in [1.165, 1.54) is 4.90 Å². The zero-order valence-corrected chi connectivity index (χ0v) is 29.1. The van der Waals surface area contributed by atoms with E-state index in [1.54, 1.807) is 44.0 Å². The van der Waals surface area contributed by atoms with Crippen molar-refractivity contribution >= 4 is 40.9 Å². The van der Waals surface area contributed by atoms with Crippen LogP contribution in [-0.4, -0.2) is 89.2 Å². The fourth-order valence-electron chi connectivity index (χ4n) is 6.40. The zero-order valence-electron chi connectivity index (χ0n) is 29.1. The zero-order chi connectivity index (χ0) is 36.0. The number of likely N-dealkylation sites (tertiary alicyclic amines) is 2. The summed E-state index contributed by atoms with van der Waals surface area (Å²) >= 11 is 0. The summed E-state index contributed by atoms with van der Waals surface area (Å²) in [7, 11) is 0. The molecule has 3 N–H and O–H groups in total. The summed E-state index contributed by atoms with van der Waals surface area (Å²) in [5.41, 5.74) is 2.29. The highest BCUT2D eigenvalue weighted by atomic mass is 16.6. The summed E-state index contributed by atoms with van der Waals surface area (Å²) in [6.45, 7) is 11.8. The summed E-state index contributed by atoms with van der Waals surface area (Å²) in [6.07, 6.45) is 2.27. The second kappa shape index (κ2) is 13.1. The van der Waals surface area contributed by atoms with Gasteiger partial charge in [-0.3, -0.25) is 14.6 Å². The summed E-state index contributed by atoms with van der Waals surface area (Å²) in [5, 5.41) is 17.3. The van der Waals surface area contributed by atoms with Gasteiger partial charge in [0.1, 0.15) is 23.1 Å². The van der Waals surface area contributed by atoms with E-state index in [9.17, 15) is 24.3 Å². The lowest BCUT2D eigenvalue weighted by atomic mass is 10.0. The number of amides is 3. The van der Waals surface area contributed by atoms with Gasteiger partial charge in [0.05, 0.1) is 23.4 Å². The Kier molecular flexibility index (Phi) is 9.06. The van der Waals surface area contributed by atoms with E-state index in [0.717, 1.165) is 39.9 Å². The molecule has 0 saturated carbocycles. The van der Waals surface area contributed by atoms with Gasteiger partial charge in [-0.2, -0.15) is 4.68 Å². The lowest BCUT2D eigenvalue weighted by molar-refractivity contribution is -0.120. The highest BCUT2D eigenvalue weighted by molar-refractivity contribution is 6.05. The smallest absolute Gasteiger partial charge is 0.432 e. The van der Waals surface area contributed by atoms with Crippen LogP contribution in [0.1, 0.15) is 79.1 Å². The average molecular weight is 686 g/mol. The monoisotopic (exact) mass is 685 g/mol. The van der Waals surface area contributed by atoms with Gasteiger partial charge in [-0.15, -0.1) is 5.10 Å². The number of aromatic nitrogens is 4. The molecule has 2 aromatic heterocycles. The molecule has 0 spiro atoms. The molecule has 0 radical (unpaired) electrons. The third kappa shape index (κ3) is 7.28. The number of nitrogens with zero attached hydrogens (tertiary/aromatic N) is 5. The number of hydrogen-bond acceptors (Lipinski definition) is 8. The third-order valence-electron chi connectivity index (χ3n) is 8.61. The van der Waals surface area contributed by atoms with Crippen molar-refractivity contribution in [1.29, 1.82) is 0 Å². The van der Waals surface area contributed by atoms with Gasteiger partial charge in [0.25, 0.3) is 0 Å². The molecule has 14 heteroatoms. The van der Waals surface area contributed by atoms with Crippen LogP contribution in [0.3, 0.4) is 0 Å². The molecule has 2 aliphatic heterocycles. The number of hydrogen-bond donors (Lipinski definition) is 3.